The van der Waals surface area contributed by atoms with Crippen molar-refractivity contribution in [2.24, 2.45) is 0 Å². The molecule has 4 rings (SSSR count). The lowest BCUT2D eigenvalue weighted by atomic mass is 10.2. The summed E-state index contributed by atoms with van der Waals surface area (Å²) in [4.78, 5) is 13.9. The molecule has 2 fully saturated rings. The van der Waals surface area contributed by atoms with Crippen LogP contribution in [0.2, 0.25) is 0 Å². The van der Waals surface area contributed by atoms with Gasteiger partial charge in [0.2, 0.25) is 0 Å². The maximum Gasteiger partial charge on any atom is 0.162 e. The van der Waals surface area contributed by atoms with E-state index in [2.05, 4.69) is 19.8 Å². The highest BCUT2D eigenvalue weighted by molar-refractivity contribution is 5.55. The molecule has 1 unspecified atom stereocenters. The van der Waals surface area contributed by atoms with Gasteiger partial charge in [0.1, 0.15) is 5.82 Å². The highest BCUT2D eigenvalue weighted by Crippen LogP contribution is 2.23. The van der Waals surface area contributed by atoms with Crippen LogP contribution in [0.15, 0.2) is 36.7 Å². The molecule has 2 aromatic rings. The molecule has 132 valence electrons. The Balaban J connectivity index is 1.41. The summed E-state index contributed by atoms with van der Waals surface area (Å²) in [5.74, 6) is 0.178. The van der Waals surface area contributed by atoms with E-state index in [1.807, 2.05) is 18.5 Å². The van der Waals surface area contributed by atoms with Crippen LogP contribution in [0.1, 0.15) is 31.2 Å². The van der Waals surface area contributed by atoms with E-state index in [4.69, 9.17) is 0 Å². The molecule has 25 heavy (non-hydrogen) atoms. The van der Waals surface area contributed by atoms with Gasteiger partial charge in [0.15, 0.2) is 5.82 Å². The first-order valence-electron chi connectivity index (χ1n) is 9.32. The van der Waals surface area contributed by atoms with Crippen molar-refractivity contribution in [1.29, 1.82) is 0 Å². The SMILES string of the molecule is Fc1ccccc1-c1ncc(CN2CCCC2CN2CCCC2)cn1. The van der Waals surface area contributed by atoms with E-state index in [0.29, 0.717) is 17.4 Å². The number of hydrogen-bond donors (Lipinski definition) is 0. The molecule has 2 aliphatic rings. The van der Waals surface area contributed by atoms with Gasteiger partial charge in [0.25, 0.3) is 0 Å². The van der Waals surface area contributed by atoms with E-state index >= 15 is 0 Å². The molecule has 2 aliphatic heterocycles. The minimum absolute atomic E-state index is 0.277. The molecule has 1 atom stereocenters. The lowest BCUT2D eigenvalue weighted by Gasteiger charge is -2.28. The molecule has 5 heteroatoms. The fourth-order valence-electron chi connectivity index (χ4n) is 4.03. The summed E-state index contributed by atoms with van der Waals surface area (Å²) in [6, 6.07) is 7.30. The first kappa shape index (κ1) is 16.6. The number of benzene rings is 1. The Labute approximate surface area is 148 Å². The summed E-state index contributed by atoms with van der Waals surface area (Å²) < 4.78 is 13.9. The maximum absolute atomic E-state index is 13.9. The monoisotopic (exact) mass is 340 g/mol. The summed E-state index contributed by atoms with van der Waals surface area (Å²) in [6.45, 7) is 5.73. The van der Waals surface area contributed by atoms with Crippen LogP contribution in [-0.4, -0.2) is 52.0 Å². The number of rotatable bonds is 5. The van der Waals surface area contributed by atoms with Crippen LogP contribution in [0.4, 0.5) is 4.39 Å². The molecule has 0 spiro atoms. The lowest BCUT2D eigenvalue weighted by Crippen LogP contribution is -2.38. The van der Waals surface area contributed by atoms with Gasteiger partial charge in [-0.25, -0.2) is 14.4 Å². The van der Waals surface area contributed by atoms with Crippen LogP contribution in [0.5, 0.6) is 0 Å². The largest absolute Gasteiger partial charge is 0.302 e. The quantitative estimate of drug-likeness (QED) is 0.836. The predicted molar refractivity (Wildman–Crippen MR) is 96.5 cm³/mol. The average Bonchev–Trinajstić information content (AvgIpc) is 3.29. The second-order valence-corrected chi connectivity index (χ2v) is 7.17. The van der Waals surface area contributed by atoms with Gasteiger partial charge in [-0.15, -0.1) is 0 Å². The molecular formula is C20H25FN4. The van der Waals surface area contributed by atoms with Crippen molar-refractivity contribution in [1.82, 2.24) is 19.8 Å². The number of hydrogen-bond acceptors (Lipinski definition) is 4. The molecule has 0 bridgehead atoms. The van der Waals surface area contributed by atoms with Crippen molar-refractivity contribution in [3.05, 3.63) is 48.0 Å². The zero-order valence-electron chi connectivity index (χ0n) is 14.6. The molecule has 0 aliphatic carbocycles. The standard InChI is InChI=1S/C20H25FN4/c21-19-8-2-1-7-18(19)20-22-12-16(13-23-20)14-25-11-5-6-17(25)15-24-9-3-4-10-24/h1-2,7-8,12-13,17H,3-6,9-11,14-15H2. The van der Waals surface area contributed by atoms with Crippen molar-refractivity contribution in [2.45, 2.75) is 38.3 Å². The summed E-state index contributed by atoms with van der Waals surface area (Å²) in [6.07, 6.45) is 8.94. The summed E-state index contributed by atoms with van der Waals surface area (Å²) in [7, 11) is 0. The normalized spacial score (nSPS) is 21.9. The Kier molecular flexibility index (Phi) is 5.04. The van der Waals surface area contributed by atoms with Crippen molar-refractivity contribution in [3.63, 3.8) is 0 Å². The Morgan fingerprint density at radius 2 is 1.76 bits per heavy atom. The minimum atomic E-state index is -0.277. The Bertz CT molecular complexity index is 697. The fourth-order valence-corrected chi connectivity index (χ4v) is 4.03. The van der Waals surface area contributed by atoms with Crippen LogP contribution >= 0.6 is 0 Å². The first-order chi connectivity index (χ1) is 12.3. The molecular weight excluding hydrogens is 315 g/mol. The first-order valence-corrected chi connectivity index (χ1v) is 9.32. The smallest absolute Gasteiger partial charge is 0.162 e. The van der Waals surface area contributed by atoms with E-state index in [1.165, 1.54) is 51.4 Å². The average molecular weight is 340 g/mol. The third-order valence-corrected chi connectivity index (χ3v) is 5.37. The zero-order valence-corrected chi connectivity index (χ0v) is 14.6. The molecule has 0 saturated carbocycles. The highest BCUT2D eigenvalue weighted by atomic mass is 19.1. The van der Waals surface area contributed by atoms with E-state index in [0.717, 1.165) is 18.7 Å². The highest BCUT2D eigenvalue weighted by Gasteiger charge is 2.27. The van der Waals surface area contributed by atoms with Gasteiger partial charge >= 0.3 is 0 Å². The molecule has 0 radical (unpaired) electrons. The van der Waals surface area contributed by atoms with Crippen LogP contribution in [0, 0.1) is 5.82 Å². The summed E-state index contributed by atoms with van der Waals surface area (Å²) in [5.41, 5.74) is 1.57. The second kappa shape index (κ2) is 7.58. The van der Waals surface area contributed by atoms with Gasteiger partial charge in [-0.1, -0.05) is 12.1 Å². The molecule has 1 aromatic heterocycles. The van der Waals surface area contributed by atoms with E-state index in [-0.39, 0.29) is 5.82 Å². The Morgan fingerprint density at radius 1 is 1.00 bits per heavy atom. The van der Waals surface area contributed by atoms with E-state index in [9.17, 15) is 4.39 Å². The van der Waals surface area contributed by atoms with Crippen LogP contribution < -0.4 is 0 Å². The topological polar surface area (TPSA) is 32.3 Å². The fraction of sp³-hybridized carbons (Fsp3) is 0.500. The number of likely N-dealkylation sites (tertiary alicyclic amines) is 2. The summed E-state index contributed by atoms with van der Waals surface area (Å²) in [5, 5.41) is 0. The van der Waals surface area contributed by atoms with Gasteiger partial charge in [0, 0.05) is 37.1 Å². The van der Waals surface area contributed by atoms with Gasteiger partial charge < -0.3 is 4.90 Å². The third-order valence-electron chi connectivity index (χ3n) is 5.37. The molecule has 1 aromatic carbocycles. The minimum Gasteiger partial charge on any atom is -0.302 e. The van der Waals surface area contributed by atoms with E-state index in [1.54, 1.807) is 12.1 Å². The Morgan fingerprint density at radius 3 is 2.52 bits per heavy atom. The number of halogens is 1. The molecule has 4 nitrogen and oxygen atoms in total. The van der Waals surface area contributed by atoms with Crippen LogP contribution in [-0.2, 0) is 6.54 Å². The van der Waals surface area contributed by atoms with Gasteiger partial charge in [-0.2, -0.15) is 0 Å². The van der Waals surface area contributed by atoms with Crippen molar-refractivity contribution in [2.75, 3.05) is 26.2 Å². The van der Waals surface area contributed by atoms with Crippen LogP contribution in [0.25, 0.3) is 11.4 Å². The van der Waals surface area contributed by atoms with Crippen LogP contribution in [0.3, 0.4) is 0 Å². The van der Waals surface area contributed by atoms with E-state index < -0.39 is 0 Å². The molecule has 0 N–H and O–H groups in total. The third kappa shape index (κ3) is 3.88. The van der Waals surface area contributed by atoms with Crippen molar-refractivity contribution >= 4 is 0 Å². The van der Waals surface area contributed by atoms with Gasteiger partial charge in [-0.3, -0.25) is 4.90 Å². The molecule has 0 amide bonds. The lowest BCUT2D eigenvalue weighted by molar-refractivity contribution is 0.185. The van der Waals surface area contributed by atoms with Crippen molar-refractivity contribution in [3.8, 4) is 11.4 Å². The maximum atomic E-state index is 13.9. The molecule has 3 heterocycles. The van der Waals surface area contributed by atoms with Crippen molar-refractivity contribution < 1.29 is 4.39 Å². The predicted octanol–water partition coefficient (Wildman–Crippen LogP) is 3.34. The number of aromatic nitrogens is 2. The number of nitrogens with zero attached hydrogens (tertiary/aromatic N) is 4. The van der Waals surface area contributed by atoms with Gasteiger partial charge in [-0.05, 0) is 57.5 Å². The molecule has 2 saturated heterocycles. The Hall–Kier alpha value is -1.85. The van der Waals surface area contributed by atoms with Gasteiger partial charge in [0.05, 0.1) is 5.56 Å². The summed E-state index contributed by atoms with van der Waals surface area (Å²) >= 11 is 0. The second-order valence-electron chi connectivity index (χ2n) is 7.17. The zero-order chi connectivity index (χ0) is 17.1.